The first-order valence-electron chi connectivity index (χ1n) is 15.4. The van der Waals surface area contributed by atoms with Crippen LogP contribution in [0.1, 0.15) is 104 Å². The average Bonchev–Trinajstić information content (AvgIpc) is 3.47. The normalized spacial score (nSPS) is 45.7. The van der Waals surface area contributed by atoms with Crippen molar-refractivity contribution < 1.29 is 19.5 Å². The van der Waals surface area contributed by atoms with Crippen molar-refractivity contribution in [2.24, 2.45) is 38.9 Å². The maximum atomic E-state index is 14.6. The van der Waals surface area contributed by atoms with E-state index in [4.69, 9.17) is 0 Å². The summed E-state index contributed by atoms with van der Waals surface area (Å²) in [6, 6.07) is 2.15. The molecule has 3 fully saturated rings. The predicted octanol–water partition coefficient (Wildman–Crippen LogP) is 5.23. The van der Waals surface area contributed by atoms with Gasteiger partial charge in [0.05, 0.1) is 17.3 Å². The number of amides is 1. The van der Waals surface area contributed by atoms with Gasteiger partial charge in [-0.05, 0) is 80.3 Å². The van der Waals surface area contributed by atoms with Crippen LogP contribution >= 0.6 is 0 Å². The van der Waals surface area contributed by atoms with Crippen molar-refractivity contribution in [3.05, 3.63) is 41.3 Å². The molecule has 5 aliphatic rings. The van der Waals surface area contributed by atoms with Gasteiger partial charge in [0.25, 0.3) is 5.91 Å². The fraction of sp³-hybridized carbons (Fsp3) is 0.676. The average molecular weight is 573 g/mol. The zero-order valence-corrected chi connectivity index (χ0v) is 26.0. The number of hydrogen-bond acceptors (Lipinski definition) is 6. The first kappa shape index (κ1) is 29.0. The summed E-state index contributed by atoms with van der Waals surface area (Å²) in [5.41, 5.74) is -3.59. The molecule has 224 valence electrons. The van der Waals surface area contributed by atoms with Crippen molar-refractivity contribution in [1.29, 1.82) is 5.26 Å². The number of rotatable bonds is 2. The lowest BCUT2D eigenvalue weighted by Gasteiger charge is -2.71. The molecule has 3 N–H and O–H groups in total. The van der Waals surface area contributed by atoms with Crippen LogP contribution in [0.25, 0.3) is 0 Å². The van der Waals surface area contributed by atoms with Gasteiger partial charge in [-0.2, -0.15) is 10.4 Å². The Balaban J connectivity index is 1.46. The van der Waals surface area contributed by atoms with Crippen LogP contribution in [-0.4, -0.2) is 43.9 Å². The maximum absolute atomic E-state index is 14.6. The lowest BCUT2D eigenvalue weighted by molar-refractivity contribution is -0.240. The molecular weight excluding hydrogens is 528 g/mol. The highest BCUT2D eigenvalue weighted by Crippen LogP contribution is 2.75. The lowest BCUT2D eigenvalue weighted by atomic mass is 9.33. The Morgan fingerprint density at radius 3 is 2.38 bits per heavy atom. The van der Waals surface area contributed by atoms with Gasteiger partial charge in [-0.3, -0.25) is 19.5 Å². The van der Waals surface area contributed by atoms with E-state index in [0.717, 1.165) is 37.7 Å². The van der Waals surface area contributed by atoms with E-state index in [0.29, 0.717) is 18.4 Å². The summed E-state index contributed by atoms with van der Waals surface area (Å²) in [5.74, 6) is -1.03. The minimum Gasteiger partial charge on any atom is -0.381 e. The molecule has 0 aromatic carbocycles. The molecule has 8 atom stereocenters. The predicted molar refractivity (Wildman–Crippen MR) is 157 cm³/mol. The molecule has 8 nitrogen and oxygen atoms in total. The van der Waals surface area contributed by atoms with Crippen LogP contribution < -0.4 is 5.32 Å². The molecule has 0 radical (unpaired) electrons. The van der Waals surface area contributed by atoms with E-state index in [1.807, 2.05) is 26.8 Å². The Kier molecular flexibility index (Phi) is 5.90. The van der Waals surface area contributed by atoms with Crippen molar-refractivity contribution in [2.75, 3.05) is 0 Å². The van der Waals surface area contributed by atoms with E-state index in [1.165, 1.54) is 6.20 Å². The fourth-order valence-corrected chi connectivity index (χ4v) is 10.6. The Hall–Kier alpha value is -3.05. The van der Waals surface area contributed by atoms with Crippen molar-refractivity contribution in [3.63, 3.8) is 0 Å². The van der Waals surface area contributed by atoms with Crippen molar-refractivity contribution >= 4 is 17.5 Å². The highest BCUT2D eigenvalue weighted by atomic mass is 16.3. The number of H-pyrrole nitrogens is 1. The van der Waals surface area contributed by atoms with Crippen LogP contribution in [0.2, 0.25) is 0 Å². The number of allylic oxidation sites excluding steroid dienone is 3. The van der Waals surface area contributed by atoms with Gasteiger partial charge in [0.15, 0.2) is 11.6 Å². The Bertz CT molecular complexity index is 1500. The molecule has 0 bridgehead atoms. The smallest absolute Gasteiger partial charge is 0.254 e. The number of aliphatic hydroxyl groups is 1. The quantitative estimate of drug-likeness (QED) is 0.444. The van der Waals surface area contributed by atoms with E-state index in [-0.39, 0.29) is 40.3 Å². The van der Waals surface area contributed by atoms with Gasteiger partial charge in [0.1, 0.15) is 11.7 Å². The van der Waals surface area contributed by atoms with Crippen LogP contribution in [0.15, 0.2) is 35.7 Å². The van der Waals surface area contributed by atoms with E-state index < -0.39 is 32.8 Å². The SMILES string of the molecule is CC1(C)C(=O)C(C#N)=C[C@]2(C)C3=CC(=O)[C@]4(O)[C@@H]5C[C@@](C)(NC(=O)c6cn[nH]c6)CC[C@]5(C)CC[C@@]4(C)[C@]3(C)CC[C@@H]12. The molecule has 1 aromatic rings. The minimum absolute atomic E-state index is 0.0542. The minimum atomic E-state index is -1.62. The van der Waals surface area contributed by atoms with Crippen molar-refractivity contribution in [2.45, 2.75) is 105 Å². The van der Waals surface area contributed by atoms with Crippen LogP contribution in [0.4, 0.5) is 0 Å². The monoisotopic (exact) mass is 572 g/mol. The van der Waals surface area contributed by atoms with E-state index >= 15 is 0 Å². The van der Waals surface area contributed by atoms with Gasteiger partial charge < -0.3 is 10.4 Å². The van der Waals surface area contributed by atoms with Crippen LogP contribution in [0, 0.1) is 50.2 Å². The number of Topliss-reactive ketones (excluding diaryl/α,β-unsaturated/α-hetero) is 1. The molecule has 3 saturated carbocycles. The molecule has 1 aromatic heterocycles. The van der Waals surface area contributed by atoms with E-state index in [1.54, 1.807) is 12.3 Å². The topological polar surface area (TPSA) is 136 Å². The van der Waals surface area contributed by atoms with Crippen LogP contribution in [-0.2, 0) is 9.59 Å². The third-order valence-corrected chi connectivity index (χ3v) is 13.4. The van der Waals surface area contributed by atoms with E-state index in [2.05, 4.69) is 49.3 Å². The highest BCUT2D eigenvalue weighted by Gasteiger charge is 2.75. The molecule has 0 aliphatic heterocycles. The second-order valence-electron chi connectivity index (χ2n) is 15.9. The van der Waals surface area contributed by atoms with Crippen LogP contribution in [0.3, 0.4) is 0 Å². The number of carbonyl (C=O) groups is 3. The van der Waals surface area contributed by atoms with Gasteiger partial charge in [0, 0.05) is 33.9 Å². The van der Waals surface area contributed by atoms with Gasteiger partial charge in [-0.1, -0.05) is 47.6 Å². The van der Waals surface area contributed by atoms with E-state index in [9.17, 15) is 24.8 Å². The standard InChI is InChI=1S/C34H44N4O4/c1-28(2)22-8-9-32(6)23(31(22,5)15-20(17-35)26(28)40)14-25(39)34(42)24-16-30(4,38-27(41)21-18-36-37-19-21)12-10-29(24,3)11-13-33(32,34)7/h14-15,18-19,22,24,42H,8-13,16H2,1-7H3,(H,36,37)(H,38,41)/t22-,24+,29+,30-,31-,32+,33-,34+/m0/s1. The number of carbonyl (C=O) groups excluding carboxylic acids is 3. The summed E-state index contributed by atoms with van der Waals surface area (Å²) < 4.78 is 0. The number of ketones is 2. The van der Waals surface area contributed by atoms with Crippen molar-refractivity contribution in [1.82, 2.24) is 15.5 Å². The summed E-state index contributed by atoms with van der Waals surface area (Å²) in [6.45, 7) is 14.5. The summed E-state index contributed by atoms with van der Waals surface area (Å²) >= 11 is 0. The number of fused-ring (bicyclic) bond motifs is 7. The summed E-state index contributed by atoms with van der Waals surface area (Å²) in [6.07, 6.45) is 11.7. The zero-order valence-electron chi connectivity index (χ0n) is 26.0. The zero-order chi connectivity index (χ0) is 30.7. The molecule has 6 rings (SSSR count). The number of aromatic amines is 1. The second kappa shape index (κ2) is 8.53. The Morgan fingerprint density at radius 2 is 1.74 bits per heavy atom. The number of nitrogens with one attached hydrogen (secondary N) is 2. The number of nitrogens with zero attached hydrogens (tertiary/aromatic N) is 2. The van der Waals surface area contributed by atoms with Gasteiger partial charge >= 0.3 is 0 Å². The Labute approximate surface area is 248 Å². The van der Waals surface area contributed by atoms with Crippen molar-refractivity contribution in [3.8, 4) is 6.07 Å². The van der Waals surface area contributed by atoms with Gasteiger partial charge in [-0.25, -0.2) is 0 Å². The molecular formula is C34H44N4O4. The third kappa shape index (κ3) is 3.38. The first-order chi connectivity index (χ1) is 19.4. The number of nitriles is 1. The molecule has 1 amide bonds. The fourth-order valence-electron chi connectivity index (χ4n) is 10.6. The Morgan fingerprint density at radius 1 is 1.05 bits per heavy atom. The molecule has 8 heteroatoms. The van der Waals surface area contributed by atoms with Gasteiger partial charge in [-0.15, -0.1) is 0 Å². The van der Waals surface area contributed by atoms with Gasteiger partial charge in [0.2, 0.25) is 0 Å². The summed E-state index contributed by atoms with van der Waals surface area (Å²) in [4.78, 5) is 40.9. The second-order valence-corrected chi connectivity index (χ2v) is 15.9. The third-order valence-electron chi connectivity index (χ3n) is 13.4. The number of aromatic nitrogens is 2. The highest BCUT2D eigenvalue weighted by molar-refractivity contribution is 6.05. The molecule has 0 spiro atoms. The summed E-state index contributed by atoms with van der Waals surface area (Å²) in [7, 11) is 0. The molecule has 42 heavy (non-hydrogen) atoms. The molecule has 5 aliphatic carbocycles. The molecule has 1 heterocycles. The van der Waals surface area contributed by atoms with Crippen LogP contribution in [0.5, 0.6) is 0 Å². The summed E-state index contributed by atoms with van der Waals surface area (Å²) in [5, 5.41) is 32.7. The first-order valence-corrected chi connectivity index (χ1v) is 15.4. The lowest BCUT2D eigenvalue weighted by Crippen LogP contribution is -2.74. The molecule has 0 unspecified atom stereocenters. The molecule has 0 saturated heterocycles. The number of hydrogen-bond donors (Lipinski definition) is 3. The largest absolute Gasteiger partial charge is 0.381 e. The maximum Gasteiger partial charge on any atom is 0.254 e.